The Labute approximate surface area is 166 Å². The second kappa shape index (κ2) is 8.39. The highest BCUT2D eigenvalue weighted by Gasteiger charge is 2.38. The molecule has 2 amide bonds. The number of carbonyl (C=O) groups is 2. The summed E-state index contributed by atoms with van der Waals surface area (Å²) in [5, 5.41) is 3.40. The van der Waals surface area contributed by atoms with E-state index in [2.05, 4.69) is 12.2 Å². The highest BCUT2D eigenvalue weighted by atomic mass is 16.7. The number of hydrogen-bond donors (Lipinski definition) is 1. The van der Waals surface area contributed by atoms with Crippen LogP contribution in [0.3, 0.4) is 0 Å². The standard InChI is InChI=1S/C21H29N3O4/c1-2-22-13-15-7-10-23(11-8-15)21(26)17-4-3-9-24(17)20(25)16-5-6-18-19(12-16)28-14-27-18/h5-6,12,15,17,22H,2-4,7-11,13-14H2,1H3. The molecule has 3 aliphatic heterocycles. The molecule has 4 rings (SSSR count). The molecular formula is C21H29N3O4. The maximum atomic E-state index is 13.1. The predicted octanol–water partition coefficient (Wildman–Crippen LogP) is 1.87. The monoisotopic (exact) mass is 387 g/mol. The van der Waals surface area contributed by atoms with Crippen LogP contribution in [-0.2, 0) is 4.79 Å². The minimum Gasteiger partial charge on any atom is -0.454 e. The van der Waals surface area contributed by atoms with E-state index in [1.807, 2.05) is 4.90 Å². The molecule has 0 bridgehead atoms. The zero-order valence-electron chi connectivity index (χ0n) is 16.5. The van der Waals surface area contributed by atoms with Crippen LogP contribution < -0.4 is 14.8 Å². The van der Waals surface area contributed by atoms with E-state index in [0.29, 0.717) is 29.5 Å². The topological polar surface area (TPSA) is 71.1 Å². The molecule has 0 saturated carbocycles. The van der Waals surface area contributed by atoms with Crippen LogP contribution in [0.5, 0.6) is 11.5 Å². The summed E-state index contributed by atoms with van der Waals surface area (Å²) in [6.45, 7) is 6.51. The minimum absolute atomic E-state index is 0.101. The quantitative estimate of drug-likeness (QED) is 0.835. The molecular weight excluding hydrogens is 358 g/mol. The van der Waals surface area contributed by atoms with Crippen LogP contribution in [0.1, 0.15) is 43.0 Å². The number of hydrogen-bond acceptors (Lipinski definition) is 5. The molecule has 1 aromatic carbocycles. The van der Waals surface area contributed by atoms with Gasteiger partial charge in [-0.05, 0) is 62.9 Å². The Morgan fingerprint density at radius 2 is 1.89 bits per heavy atom. The summed E-state index contributed by atoms with van der Waals surface area (Å²) in [7, 11) is 0. The van der Waals surface area contributed by atoms with E-state index in [4.69, 9.17) is 9.47 Å². The van der Waals surface area contributed by atoms with E-state index in [0.717, 1.165) is 51.9 Å². The van der Waals surface area contributed by atoms with Gasteiger partial charge in [-0.2, -0.15) is 0 Å². The fraction of sp³-hybridized carbons (Fsp3) is 0.619. The number of likely N-dealkylation sites (tertiary alicyclic amines) is 2. The zero-order valence-corrected chi connectivity index (χ0v) is 16.5. The Kier molecular flexibility index (Phi) is 5.71. The van der Waals surface area contributed by atoms with Crippen LogP contribution >= 0.6 is 0 Å². The molecule has 0 spiro atoms. The van der Waals surface area contributed by atoms with Crippen LogP contribution in [0.2, 0.25) is 0 Å². The molecule has 152 valence electrons. The average molecular weight is 387 g/mol. The lowest BCUT2D eigenvalue weighted by Crippen LogP contribution is -2.50. The summed E-state index contributed by atoms with van der Waals surface area (Å²) < 4.78 is 10.7. The maximum absolute atomic E-state index is 13.1. The van der Waals surface area contributed by atoms with Crippen molar-refractivity contribution in [2.24, 2.45) is 5.92 Å². The summed E-state index contributed by atoms with van der Waals surface area (Å²) in [5.74, 6) is 1.89. The second-order valence-electron chi connectivity index (χ2n) is 7.80. The minimum atomic E-state index is -0.344. The number of fused-ring (bicyclic) bond motifs is 1. The number of nitrogens with one attached hydrogen (secondary N) is 1. The van der Waals surface area contributed by atoms with Gasteiger partial charge in [0.2, 0.25) is 12.7 Å². The van der Waals surface area contributed by atoms with Crippen molar-refractivity contribution < 1.29 is 19.1 Å². The molecule has 1 N–H and O–H groups in total. The number of amides is 2. The van der Waals surface area contributed by atoms with Gasteiger partial charge in [0.15, 0.2) is 11.5 Å². The van der Waals surface area contributed by atoms with E-state index in [1.165, 1.54) is 0 Å². The molecule has 1 aromatic rings. The molecule has 1 atom stereocenters. The zero-order chi connectivity index (χ0) is 19.5. The van der Waals surface area contributed by atoms with Gasteiger partial charge < -0.3 is 24.6 Å². The number of rotatable bonds is 5. The first kappa shape index (κ1) is 19.1. The maximum Gasteiger partial charge on any atom is 0.254 e. The molecule has 0 aromatic heterocycles. The van der Waals surface area contributed by atoms with Crippen molar-refractivity contribution in [2.45, 2.75) is 38.6 Å². The number of nitrogens with zero attached hydrogens (tertiary/aromatic N) is 2. The average Bonchev–Trinajstić information content (AvgIpc) is 3.40. The summed E-state index contributed by atoms with van der Waals surface area (Å²) in [4.78, 5) is 29.9. The van der Waals surface area contributed by atoms with Gasteiger partial charge in [-0.15, -0.1) is 0 Å². The van der Waals surface area contributed by atoms with Gasteiger partial charge in [0, 0.05) is 25.2 Å². The van der Waals surface area contributed by atoms with E-state index in [-0.39, 0.29) is 24.6 Å². The largest absolute Gasteiger partial charge is 0.454 e. The fourth-order valence-electron chi connectivity index (χ4n) is 4.38. The molecule has 1 unspecified atom stereocenters. The first-order chi connectivity index (χ1) is 13.7. The molecule has 3 heterocycles. The van der Waals surface area contributed by atoms with Gasteiger partial charge in [-0.3, -0.25) is 9.59 Å². The smallest absolute Gasteiger partial charge is 0.254 e. The summed E-state index contributed by atoms with van der Waals surface area (Å²) >= 11 is 0. The van der Waals surface area contributed by atoms with Crippen molar-refractivity contribution in [3.05, 3.63) is 23.8 Å². The number of benzene rings is 1. The van der Waals surface area contributed by atoms with Gasteiger partial charge in [-0.25, -0.2) is 0 Å². The molecule has 28 heavy (non-hydrogen) atoms. The lowest BCUT2D eigenvalue weighted by atomic mass is 9.96. The lowest BCUT2D eigenvalue weighted by Gasteiger charge is -2.35. The number of carbonyl (C=O) groups excluding carboxylic acids is 2. The first-order valence-corrected chi connectivity index (χ1v) is 10.4. The molecule has 0 radical (unpaired) electrons. The second-order valence-corrected chi connectivity index (χ2v) is 7.80. The van der Waals surface area contributed by atoms with E-state index >= 15 is 0 Å². The van der Waals surface area contributed by atoms with Crippen molar-refractivity contribution in [3.63, 3.8) is 0 Å². The van der Waals surface area contributed by atoms with E-state index in [9.17, 15) is 9.59 Å². The molecule has 7 nitrogen and oxygen atoms in total. The molecule has 2 saturated heterocycles. The molecule has 0 aliphatic carbocycles. The number of ether oxygens (including phenoxy) is 2. The van der Waals surface area contributed by atoms with Crippen molar-refractivity contribution in [3.8, 4) is 11.5 Å². The van der Waals surface area contributed by atoms with Crippen molar-refractivity contribution in [2.75, 3.05) is 39.5 Å². The highest BCUT2D eigenvalue weighted by molar-refractivity contribution is 5.98. The van der Waals surface area contributed by atoms with Gasteiger partial charge in [-0.1, -0.05) is 6.92 Å². The van der Waals surface area contributed by atoms with Crippen LogP contribution in [0.25, 0.3) is 0 Å². The molecule has 7 heteroatoms. The first-order valence-electron chi connectivity index (χ1n) is 10.4. The predicted molar refractivity (Wildman–Crippen MR) is 104 cm³/mol. The lowest BCUT2D eigenvalue weighted by molar-refractivity contribution is -0.136. The van der Waals surface area contributed by atoms with Crippen LogP contribution in [-0.4, -0.2) is 67.2 Å². The Hall–Kier alpha value is -2.28. The summed E-state index contributed by atoms with van der Waals surface area (Å²) in [5.41, 5.74) is 0.549. The van der Waals surface area contributed by atoms with Crippen LogP contribution in [0.4, 0.5) is 0 Å². The third kappa shape index (κ3) is 3.81. The highest BCUT2D eigenvalue weighted by Crippen LogP contribution is 2.33. The van der Waals surface area contributed by atoms with E-state index in [1.54, 1.807) is 23.1 Å². The fourth-order valence-corrected chi connectivity index (χ4v) is 4.38. The number of piperidine rings is 1. The SMILES string of the molecule is CCNCC1CCN(C(=O)C2CCCN2C(=O)c2ccc3c(c2)OCO3)CC1. The van der Waals surface area contributed by atoms with E-state index < -0.39 is 0 Å². The van der Waals surface area contributed by atoms with Crippen molar-refractivity contribution in [1.82, 2.24) is 15.1 Å². The van der Waals surface area contributed by atoms with Crippen molar-refractivity contribution >= 4 is 11.8 Å². The van der Waals surface area contributed by atoms with Crippen molar-refractivity contribution in [1.29, 1.82) is 0 Å². The summed E-state index contributed by atoms with van der Waals surface area (Å²) in [6, 6.07) is 4.89. The summed E-state index contributed by atoms with van der Waals surface area (Å²) in [6.07, 6.45) is 3.67. The Balaban J connectivity index is 1.39. The van der Waals surface area contributed by atoms with Gasteiger partial charge >= 0.3 is 0 Å². The van der Waals surface area contributed by atoms with Gasteiger partial charge in [0.05, 0.1) is 0 Å². The Morgan fingerprint density at radius 1 is 1.11 bits per heavy atom. The normalized spacial score (nSPS) is 22.0. The van der Waals surface area contributed by atoms with Crippen LogP contribution in [0, 0.1) is 5.92 Å². The third-order valence-electron chi connectivity index (χ3n) is 6.03. The Morgan fingerprint density at radius 3 is 2.68 bits per heavy atom. The molecule has 2 fully saturated rings. The van der Waals surface area contributed by atoms with Gasteiger partial charge in [0.25, 0.3) is 5.91 Å². The molecule has 3 aliphatic rings. The van der Waals surface area contributed by atoms with Gasteiger partial charge in [0.1, 0.15) is 6.04 Å². The van der Waals surface area contributed by atoms with Crippen LogP contribution in [0.15, 0.2) is 18.2 Å². The third-order valence-corrected chi connectivity index (χ3v) is 6.03. The Bertz CT molecular complexity index is 730.